The van der Waals surface area contributed by atoms with E-state index in [2.05, 4.69) is 15.9 Å². The van der Waals surface area contributed by atoms with E-state index in [1.54, 1.807) is 0 Å². The van der Waals surface area contributed by atoms with Crippen molar-refractivity contribution in [2.24, 2.45) is 0 Å². The summed E-state index contributed by atoms with van der Waals surface area (Å²) in [5.74, 6) is 0. The van der Waals surface area contributed by atoms with Crippen molar-refractivity contribution in [1.29, 1.82) is 0 Å². The first-order chi connectivity index (χ1) is 6.55. The molecule has 14 heavy (non-hydrogen) atoms. The number of rotatable bonds is 4. The van der Waals surface area contributed by atoms with Crippen molar-refractivity contribution in [3.8, 4) is 0 Å². The van der Waals surface area contributed by atoms with Crippen molar-refractivity contribution < 1.29 is 9.53 Å². The Morgan fingerprint density at radius 2 is 2.07 bits per heavy atom. The molecule has 0 unspecified atom stereocenters. The minimum absolute atomic E-state index is 0.453. The Morgan fingerprint density at radius 3 is 2.64 bits per heavy atom. The lowest BCUT2D eigenvalue weighted by atomic mass is 9.98. The number of carbonyl (C=O) groups excluding carboxylic acids is 1. The minimum atomic E-state index is -0.453. The number of carbonyl (C=O) groups is 1. The van der Waals surface area contributed by atoms with Gasteiger partial charge in [-0.25, -0.2) is 0 Å². The topological polar surface area (TPSA) is 26.3 Å². The highest BCUT2D eigenvalue weighted by molar-refractivity contribution is 9.10. The van der Waals surface area contributed by atoms with E-state index in [9.17, 15) is 4.79 Å². The average Bonchev–Trinajstić information content (AvgIpc) is 2.08. The monoisotopic (exact) mass is 256 g/mol. The normalized spacial score (nSPS) is 11.1. The number of halogens is 1. The first kappa shape index (κ1) is 11.2. The highest BCUT2D eigenvalue weighted by Gasteiger charge is 2.20. The van der Waals surface area contributed by atoms with Crippen LogP contribution in [-0.4, -0.2) is 12.1 Å². The predicted molar refractivity (Wildman–Crippen MR) is 59.1 cm³/mol. The zero-order valence-electron chi connectivity index (χ0n) is 8.29. The maximum Gasteiger partial charge on any atom is 0.293 e. The lowest BCUT2D eigenvalue weighted by Gasteiger charge is -2.23. The van der Waals surface area contributed by atoms with E-state index in [4.69, 9.17) is 4.74 Å². The molecule has 0 fully saturated rings. The second kappa shape index (κ2) is 4.60. The Bertz CT molecular complexity index is 321. The number of hydrogen-bond donors (Lipinski definition) is 0. The first-order valence-electron chi connectivity index (χ1n) is 4.40. The number of benzene rings is 1. The van der Waals surface area contributed by atoms with Gasteiger partial charge < -0.3 is 4.74 Å². The molecule has 0 saturated carbocycles. The van der Waals surface area contributed by atoms with Gasteiger partial charge in [-0.2, -0.15) is 0 Å². The maximum absolute atomic E-state index is 10.3. The fourth-order valence-electron chi connectivity index (χ4n) is 1.27. The standard InChI is InChI=1S/C11H13BrO2/c1-11(2,14-8-13)7-9-5-3-4-6-10(9)12/h3-6,8H,7H2,1-2H3. The Labute approximate surface area is 92.4 Å². The molecule has 1 aromatic carbocycles. The molecule has 0 N–H and O–H groups in total. The summed E-state index contributed by atoms with van der Waals surface area (Å²) in [7, 11) is 0. The van der Waals surface area contributed by atoms with Gasteiger partial charge in [-0.15, -0.1) is 0 Å². The summed E-state index contributed by atoms with van der Waals surface area (Å²) in [6, 6.07) is 7.92. The smallest absolute Gasteiger partial charge is 0.293 e. The summed E-state index contributed by atoms with van der Waals surface area (Å²) >= 11 is 3.46. The first-order valence-corrected chi connectivity index (χ1v) is 5.19. The van der Waals surface area contributed by atoms with Crippen LogP contribution in [0, 0.1) is 0 Å². The highest BCUT2D eigenvalue weighted by Crippen LogP contribution is 2.22. The van der Waals surface area contributed by atoms with Crippen molar-refractivity contribution in [3.05, 3.63) is 34.3 Å². The molecule has 0 aliphatic heterocycles. The van der Waals surface area contributed by atoms with Crippen LogP contribution in [0.2, 0.25) is 0 Å². The van der Waals surface area contributed by atoms with Gasteiger partial charge in [0, 0.05) is 10.9 Å². The molecule has 0 atom stereocenters. The van der Waals surface area contributed by atoms with Crippen LogP contribution in [0.3, 0.4) is 0 Å². The summed E-state index contributed by atoms with van der Waals surface area (Å²) in [5, 5.41) is 0. The SMILES string of the molecule is CC(C)(Cc1ccccc1Br)OC=O. The van der Waals surface area contributed by atoms with Gasteiger partial charge in [0.05, 0.1) is 0 Å². The molecule has 76 valence electrons. The zero-order valence-corrected chi connectivity index (χ0v) is 9.87. The van der Waals surface area contributed by atoms with Gasteiger partial charge in [0.2, 0.25) is 0 Å². The molecular weight excluding hydrogens is 244 g/mol. The van der Waals surface area contributed by atoms with Crippen LogP contribution in [0.1, 0.15) is 19.4 Å². The van der Waals surface area contributed by atoms with Gasteiger partial charge in [0.15, 0.2) is 0 Å². The van der Waals surface area contributed by atoms with Crippen LogP contribution in [0.15, 0.2) is 28.7 Å². The third kappa shape index (κ3) is 3.14. The molecule has 0 aliphatic carbocycles. The largest absolute Gasteiger partial charge is 0.462 e. The number of ether oxygens (including phenoxy) is 1. The van der Waals surface area contributed by atoms with Gasteiger partial charge in [0.25, 0.3) is 6.47 Å². The highest BCUT2D eigenvalue weighted by atomic mass is 79.9. The lowest BCUT2D eigenvalue weighted by Crippen LogP contribution is -2.26. The quantitative estimate of drug-likeness (QED) is 0.775. The molecule has 0 amide bonds. The fourth-order valence-corrected chi connectivity index (χ4v) is 1.70. The van der Waals surface area contributed by atoms with Crippen molar-refractivity contribution in [3.63, 3.8) is 0 Å². The summed E-state index contributed by atoms with van der Waals surface area (Å²) in [6.45, 7) is 4.28. The summed E-state index contributed by atoms with van der Waals surface area (Å²) in [4.78, 5) is 10.3. The molecule has 0 heterocycles. The Kier molecular flexibility index (Phi) is 3.69. The van der Waals surface area contributed by atoms with E-state index in [-0.39, 0.29) is 0 Å². The zero-order chi connectivity index (χ0) is 10.6. The van der Waals surface area contributed by atoms with Crippen LogP contribution in [0.5, 0.6) is 0 Å². The van der Waals surface area contributed by atoms with Crippen LogP contribution < -0.4 is 0 Å². The molecule has 0 spiro atoms. The molecule has 2 nitrogen and oxygen atoms in total. The van der Waals surface area contributed by atoms with Gasteiger partial charge in [-0.1, -0.05) is 34.1 Å². The Hall–Kier alpha value is -0.830. The van der Waals surface area contributed by atoms with Crippen LogP contribution in [-0.2, 0) is 16.0 Å². The fraction of sp³-hybridized carbons (Fsp3) is 0.364. The second-order valence-corrected chi connectivity index (χ2v) is 4.60. The van der Waals surface area contributed by atoms with E-state index in [0.29, 0.717) is 12.9 Å². The third-order valence-electron chi connectivity index (χ3n) is 1.94. The molecule has 0 saturated heterocycles. The second-order valence-electron chi connectivity index (χ2n) is 3.74. The van der Waals surface area contributed by atoms with Gasteiger partial charge in [-0.05, 0) is 25.5 Å². The molecule has 1 rings (SSSR count). The molecule has 0 aliphatic rings. The van der Waals surface area contributed by atoms with Gasteiger partial charge in [-0.3, -0.25) is 4.79 Å². The molecule has 3 heteroatoms. The average molecular weight is 257 g/mol. The van der Waals surface area contributed by atoms with Crippen LogP contribution in [0.25, 0.3) is 0 Å². The van der Waals surface area contributed by atoms with Gasteiger partial charge in [0.1, 0.15) is 5.60 Å². The molecule has 0 radical (unpaired) electrons. The van der Waals surface area contributed by atoms with Crippen molar-refractivity contribution in [1.82, 2.24) is 0 Å². The third-order valence-corrected chi connectivity index (χ3v) is 2.71. The van der Waals surface area contributed by atoms with Crippen molar-refractivity contribution in [2.75, 3.05) is 0 Å². The van der Waals surface area contributed by atoms with Crippen LogP contribution >= 0.6 is 15.9 Å². The molecule has 1 aromatic rings. The predicted octanol–water partition coefficient (Wildman–Crippen LogP) is 2.94. The van der Waals surface area contributed by atoms with E-state index < -0.39 is 5.60 Å². The Morgan fingerprint density at radius 1 is 1.43 bits per heavy atom. The molecule has 0 aromatic heterocycles. The lowest BCUT2D eigenvalue weighted by molar-refractivity contribution is -0.140. The van der Waals surface area contributed by atoms with Crippen molar-refractivity contribution in [2.45, 2.75) is 25.9 Å². The van der Waals surface area contributed by atoms with E-state index in [1.165, 1.54) is 0 Å². The van der Waals surface area contributed by atoms with Crippen LogP contribution in [0.4, 0.5) is 0 Å². The summed E-state index contributed by atoms with van der Waals surface area (Å²) in [6.07, 6.45) is 0.702. The molecule has 0 bridgehead atoms. The number of hydrogen-bond acceptors (Lipinski definition) is 2. The van der Waals surface area contributed by atoms with Gasteiger partial charge >= 0.3 is 0 Å². The van der Waals surface area contributed by atoms with E-state index in [1.807, 2.05) is 38.1 Å². The van der Waals surface area contributed by atoms with Crippen molar-refractivity contribution >= 4 is 22.4 Å². The Balaban J connectivity index is 2.78. The van der Waals surface area contributed by atoms with E-state index >= 15 is 0 Å². The minimum Gasteiger partial charge on any atom is -0.462 e. The van der Waals surface area contributed by atoms with E-state index in [0.717, 1.165) is 10.0 Å². The maximum atomic E-state index is 10.3. The summed E-state index contributed by atoms with van der Waals surface area (Å²) < 4.78 is 6.03. The summed E-state index contributed by atoms with van der Waals surface area (Å²) in [5.41, 5.74) is 0.686. The molecular formula is C11H13BrO2.